The van der Waals surface area contributed by atoms with E-state index in [2.05, 4.69) is 0 Å². The number of rotatable bonds is 4. The summed E-state index contributed by atoms with van der Waals surface area (Å²) in [5, 5.41) is 11.8. The van der Waals surface area contributed by atoms with Crippen molar-refractivity contribution in [3.63, 3.8) is 0 Å². The van der Waals surface area contributed by atoms with Gasteiger partial charge in [0.25, 0.3) is 11.6 Å². The van der Waals surface area contributed by atoms with Crippen LogP contribution in [-0.2, 0) is 10.0 Å². The third kappa shape index (κ3) is 3.44. The van der Waals surface area contributed by atoms with Crippen LogP contribution in [0.3, 0.4) is 0 Å². The maximum atomic E-state index is 12.9. The Morgan fingerprint density at radius 3 is 2.43 bits per heavy atom. The number of hydrogen-bond acceptors (Lipinski definition) is 6. The maximum Gasteiger partial charge on any atom is 0.289 e. The Bertz CT molecular complexity index is 1240. The van der Waals surface area contributed by atoms with Gasteiger partial charge in [-0.3, -0.25) is 14.9 Å². The highest BCUT2D eigenvalue weighted by Gasteiger charge is 2.32. The number of nitro groups is 1. The van der Waals surface area contributed by atoms with Crippen LogP contribution in [0.4, 0.5) is 5.69 Å². The summed E-state index contributed by atoms with van der Waals surface area (Å²) in [4.78, 5) is 24.7. The van der Waals surface area contributed by atoms with Crippen molar-refractivity contribution in [3.8, 4) is 0 Å². The number of amides is 1. The molecule has 0 radical (unpaired) electrons. The van der Waals surface area contributed by atoms with Gasteiger partial charge in [0, 0.05) is 49.3 Å². The summed E-state index contributed by atoms with van der Waals surface area (Å²) in [6.45, 7) is 2.40. The van der Waals surface area contributed by atoms with Crippen LogP contribution >= 0.6 is 0 Å². The van der Waals surface area contributed by atoms with E-state index in [-0.39, 0.29) is 48.4 Å². The smallest absolute Gasteiger partial charge is 0.289 e. The summed E-state index contributed by atoms with van der Waals surface area (Å²) in [5.74, 6) is -0.0257. The third-order valence-electron chi connectivity index (χ3n) is 5.23. The normalized spacial score (nSPS) is 15.4. The summed E-state index contributed by atoms with van der Waals surface area (Å²) in [6.07, 6.45) is 0. The Kier molecular flexibility index (Phi) is 5.04. The molecule has 0 saturated carbocycles. The van der Waals surface area contributed by atoms with Crippen LogP contribution in [0.2, 0.25) is 0 Å². The van der Waals surface area contributed by atoms with E-state index in [9.17, 15) is 23.3 Å². The summed E-state index contributed by atoms with van der Waals surface area (Å²) < 4.78 is 32.7. The fraction of sp³-hybridized carbons (Fsp3) is 0.250. The summed E-state index contributed by atoms with van der Waals surface area (Å²) in [7, 11) is -3.89. The number of para-hydroxylation sites is 1. The highest BCUT2D eigenvalue weighted by Crippen LogP contribution is 2.27. The van der Waals surface area contributed by atoms with Crippen molar-refractivity contribution in [2.24, 2.45) is 0 Å². The minimum atomic E-state index is -3.89. The number of nitro benzene ring substituents is 1. The van der Waals surface area contributed by atoms with E-state index >= 15 is 0 Å². The number of furan rings is 1. The molecule has 0 aliphatic carbocycles. The number of piperazine rings is 1. The van der Waals surface area contributed by atoms with E-state index in [0.29, 0.717) is 5.58 Å². The number of carbonyl (C=O) groups is 1. The van der Waals surface area contributed by atoms with Crippen molar-refractivity contribution in [2.45, 2.75) is 11.8 Å². The average molecular weight is 429 g/mol. The van der Waals surface area contributed by atoms with E-state index in [1.54, 1.807) is 11.0 Å². The van der Waals surface area contributed by atoms with E-state index < -0.39 is 14.9 Å². The Morgan fingerprint density at radius 2 is 1.77 bits per heavy atom. The van der Waals surface area contributed by atoms with Crippen LogP contribution in [0.25, 0.3) is 11.0 Å². The summed E-state index contributed by atoms with van der Waals surface area (Å²) in [5.41, 5.74) is 1.10. The lowest BCUT2D eigenvalue weighted by molar-refractivity contribution is -0.385. The lowest BCUT2D eigenvalue weighted by Crippen LogP contribution is -2.50. The SMILES string of the molecule is Cc1c(C(=O)N2CCN(S(=O)(=O)c3cccc([N+](=O)[O-])c3)CC2)oc2ccccc12. The quantitative estimate of drug-likeness (QED) is 0.465. The lowest BCUT2D eigenvalue weighted by Gasteiger charge is -2.33. The van der Waals surface area contributed by atoms with Crippen molar-refractivity contribution >= 4 is 32.6 Å². The van der Waals surface area contributed by atoms with Crippen molar-refractivity contribution in [1.82, 2.24) is 9.21 Å². The molecule has 0 spiro atoms. The number of sulfonamides is 1. The van der Waals surface area contributed by atoms with Gasteiger partial charge in [-0.05, 0) is 19.1 Å². The maximum absolute atomic E-state index is 12.9. The van der Waals surface area contributed by atoms with Gasteiger partial charge in [-0.2, -0.15) is 4.31 Å². The number of benzene rings is 2. The molecule has 1 saturated heterocycles. The fourth-order valence-electron chi connectivity index (χ4n) is 3.56. The third-order valence-corrected chi connectivity index (χ3v) is 7.12. The predicted molar refractivity (Wildman–Crippen MR) is 109 cm³/mol. The second kappa shape index (κ2) is 7.54. The molecule has 3 aromatic rings. The topological polar surface area (TPSA) is 114 Å². The minimum Gasteiger partial charge on any atom is -0.451 e. The molecule has 1 aliphatic heterocycles. The molecular weight excluding hydrogens is 410 g/mol. The number of fused-ring (bicyclic) bond motifs is 1. The number of nitrogens with zero attached hydrogens (tertiary/aromatic N) is 3. The van der Waals surface area contributed by atoms with E-state index in [4.69, 9.17) is 4.42 Å². The van der Waals surface area contributed by atoms with Crippen LogP contribution in [-0.4, -0.2) is 54.6 Å². The standard InChI is InChI=1S/C20H19N3O6S/c1-14-17-7-2-3-8-18(17)29-19(14)20(24)21-9-11-22(12-10-21)30(27,28)16-6-4-5-15(13-16)23(25)26/h2-8,13H,9-12H2,1H3. The van der Waals surface area contributed by atoms with Gasteiger partial charge in [0.15, 0.2) is 5.76 Å². The zero-order valence-electron chi connectivity index (χ0n) is 16.1. The molecule has 1 fully saturated rings. The van der Waals surface area contributed by atoms with Gasteiger partial charge in [0.2, 0.25) is 10.0 Å². The van der Waals surface area contributed by atoms with Gasteiger partial charge in [-0.25, -0.2) is 8.42 Å². The van der Waals surface area contributed by atoms with Gasteiger partial charge in [-0.15, -0.1) is 0 Å². The molecule has 4 rings (SSSR count). The van der Waals surface area contributed by atoms with E-state index in [1.807, 2.05) is 25.1 Å². The molecule has 1 aromatic heterocycles. The average Bonchev–Trinajstić information content (AvgIpc) is 3.10. The van der Waals surface area contributed by atoms with Crippen molar-refractivity contribution < 1.29 is 22.6 Å². The number of hydrogen-bond donors (Lipinski definition) is 0. The number of carbonyl (C=O) groups excluding carboxylic acids is 1. The first-order chi connectivity index (χ1) is 14.3. The number of non-ortho nitro benzene ring substituents is 1. The molecule has 156 valence electrons. The molecule has 0 atom stereocenters. The first kappa shape index (κ1) is 20.0. The molecule has 10 heteroatoms. The Balaban J connectivity index is 1.50. The Morgan fingerprint density at radius 1 is 1.07 bits per heavy atom. The van der Waals surface area contributed by atoms with Crippen LogP contribution in [0.1, 0.15) is 16.1 Å². The van der Waals surface area contributed by atoms with Gasteiger partial charge < -0.3 is 9.32 Å². The molecule has 2 heterocycles. The minimum absolute atomic E-state index is 0.0933. The molecule has 0 unspecified atom stereocenters. The molecule has 1 amide bonds. The Hall–Kier alpha value is -3.24. The molecule has 2 aromatic carbocycles. The monoisotopic (exact) mass is 429 g/mol. The van der Waals surface area contributed by atoms with Gasteiger partial charge in [0.05, 0.1) is 9.82 Å². The van der Waals surface area contributed by atoms with Crippen molar-refractivity contribution in [2.75, 3.05) is 26.2 Å². The first-order valence-corrected chi connectivity index (χ1v) is 10.7. The van der Waals surface area contributed by atoms with Crippen LogP contribution in [0.15, 0.2) is 57.8 Å². The van der Waals surface area contributed by atoms with E-state index in [1.165, 1.54) is 22.5 Å². The zero-order valence-corrected chi connectivity index (χ0v) is 17.0. The summed E-state index contributed by atoms with van der Waals surface area (Å²) >= 11 is 0. The zero-order chi connectivity index (χ0) is 21.5. The second-order valence-electron chi connectivity index (χ2n) is 7.00. The highest BCUT2D eigenvalue weighted by molar-refractivity contribution is 7.89. The lowest BCUT2D eigenvalue weighted by atomic mass is 10.1. The van der Waals surface area contributed by atoms with Crippen LogP contribution < -0.4 is 0 Å². The molecule has 30 heavy (non-hydrogen) atoms. The van der Waals surface area contributed by atoms with Crippen LogP contribution in [0.5, 0.6) is 0 Å². The molecule has 1 aliphatic rings. The highest BCUT2D eigenvalue weighted by atomic mass is 32.2. The van der Waals surface area contributed by atoms with Crippen molar-refractivity contribution in [3.05, 3.63) is 70.0 Å². The largest absolute Gasteiger partial charge is 0.451 e. The molecular formula is C20H19N3O6S. The van der Waals surface area contributed by atoms with Crippen LogP contribution in [0, 0.1) is 17.0 Å². The second-order valence-corrected chi connectivity index (χ2v) is 8.94. The van der Waals surface area contributed by atoms with Gasteiger partial charge in [0.1, 0.15) is 5.58 Å². The summed E-state index contributed by atoms with van der Waals surface area (Å²) in [6, 6.07) is 12.3. The molecule has 9 nitrogen and oxygen atoms in total. The van der Waals surface area contributed by atoms with Gasteiger partial charge in [-0.1, -0.05) is 24.3 Å². The van der Waals surface area contributed by atoms with Gasteiger partial charge >= 0.3 is 0 Å². The van der Waals surface area contributed by atoms with Crippen molar-refractivity contribution in [1.29, 1.82) is 0 Å². The predicted octanol–water partition coefficient (Wildman–Crippen LogP) is 2.80. The first-order valence-electron chi connectivity index (χ1n) is 9.31. The van der Waals surface area contributed by atoms with E-state index in [0.717, 1.165) is 17.0 Å². The fourth-order valence-corrected chi connectivity index (χ4v) is 5.02. The Labute approximate surface area is 172 Å². The molecule has 0 bridgehead atoms. The molecule has 0 N–H and O–H groups in total. The number of aryl methyl sites for hydroxylation is 1.